The van der Waals surface area contributed by atoms with Gasteiger partial charge in [0.15, 0.2) is 0 Å². The number of benzene rings is 1. The van der Waals surface area contributed by atoms with Gasteiger partial charge in [0, 0.05) is 13.0 Å². The van der Waals surface area contributed by atoms with Crippen LogP contribution in [-0.4, -0.2) is 52.3 Å². The Morgan fingerprint density at radius 2 is 2.04 bits per heavy atom. The number of methoxy groups -OCH3 is 1. The molecule has 1 aromatic rings. The number of carbonyl (C=O) groups excluding carboxylic acids is 2. The Bertz CT molecular complexity index is 731. The van der Waals surface area contributed by atoms with E-state index in [2.05, 4.69) is 5.32 Å². The molecule has 1 heterocycles. The second-order valence-electron chi connectivity index (χ2n) is 5.03. The first-order valence-electron chi connectivity index (χ1n) is 7.28. The van der Waals surface area contributed by atoms with Crippen molar-refractivity contribution in [2.24, 2.45) is 0 Å². The fraction of sp³-hybridized carbons (Fsp3) is 0.250. The van der Waals surface area contributed by atoms with Crippen molar-refractivity contribution in [1.82, 2.24) is 10.2 Å². The third-order valence-corrected chi connectivity index (χ3v) is 4.66. The van der Waals surface area contributed by atoms with Crippen molar-refractivity contribution in [3.05, 3.63) is 34.7 Å². The van der Waals surface area contributed by atoms with Crippen LogP contribution in [0.1, 0.15) is 12.0 Å². The summed E-state index contributed by atoms with van der Waals surface area (Å²) in [6.45, 7) is -0.343. The largest absolute Gasteiger partial charge is 0.497 e. The maximum atomic E-state index is 12.4. The van der Waals surface area contributed by atoms with Gasteiger partial charge in [-0.15, -0.1) is 0 Å². The van der Waals surface area contributed by atoms with E-state index >= 15 is 0 Å². The number of aliphatic carboxylic acids is 1. The molecule has 25 heavy (non-hydrogen) atoms. The first-order chi connectivity index (χ1) is 11.9. The van der Waals surface area contributed by atoms with Gasteiger partial charge in [-0.1, -0.05) is 36.1 Å². The van der Waals surface area contributed by atoms with Gasteiger partial charge in [-0.05, 0) is 23.8 Å². The Labute approximate surface area is 154 Å². The lowest BCUT2D eigenvalue weighted by Gasteiger charge is -2.13. The fourth-order valence-electron chi connectivity index (χ4n) is 2.02. The van der Waals surface area contributed by atoms with E-state index in [4.69, 9.17) is 22.1 Å². The summed E-state index contributed by atoms with van der Waals surface area (Å²) < 4.78 is 5.46. The molecule has 7 nitrogen and oxygen atoms in total. The Morgan fingerprint density at radius 3 is 2.64 bits per heavy atom. The summed E-state index contributed by atoms with van der Waals surface area (Å²) in [4.78, 5) is 36.2. The van der Waals surface area contributed by atoms with E-state index in [0.29, 0.717) is 9.23 Å². The number of nitrogens with zero attached hydrogens (tertiary/aromatic N) is 1. The van der Waals surface area contributed by atoms with Crippen LogP contribution >= 0.6 is 24.0 Å². The number of carbonyl (C=O) groups is 3. The molecule has 2 N–H and O–H groups in total. The van der Waals surface area contributed by atoms with Gasteiger partial charge in [0.05, 0.1) is 12.0 Å². The van der Waals surface area contributed by atoms with Crippen molar-refractivity contribution in [3.8, 4) is 5.75 Å². The molecule has 0 radical (unpaired) electrons. The Hall–Kier alpha value is -2.39. The summed E-state index contributed by atoms with van der Waals surface area (Å²) in [7, 11) is 1.58. The molecule has 132 valence electrons. The molecule has 0 spiro atoms. The third-order valence-electron chi connectivity index (χ3n) is 3.29. The number of hydrogen-bond donors (Lipinski definition) is 2. The zero-order valence-electron chi connectivity index (χ0n) is 13.4. The van der Waals surface area contributed by atoms with Crippen LogP contribution in [0.25, 0.3) is 6.08 Å². The van der Waals surface area contributed by atoms with Crippen molar-refractivity contribution in [3.63, 3.8) is 0 Å². The van der Waals surface area contributed by atoms with E-state index < -0.39 is 18.4 Å². The molecular formula is C16H16N2O5S2. The number of carboxylic acid groups (broad SMARTS) is 1. The first-order valence-corrected chi connectivity index (χ1v) is 8.51. The molecule has 0 saturated carbocycles. The number of thiocarbonyl (C=S) groups is 1. The molecule has 0 unspecified atom stereocenters. The first kappa shape index (κ1) is 18.9. The Kier molecular flexibility index (Phi) is 6.54. The number of thioether (sulfide) groups is 1. The topological polar surface area (TPSA) is 95.9 Å². The summed E-state index contributed by atoms with van der Waals surface area (Å²) in [5.41, 5.74) is 0.834. The molecule has 2 amide bonds. The monoisotopic (exact) mass is 380 g/mol. The third kappa shape index (κ3) is 5.30. The number of hydrogen-bond acceptors (Lipinski definition) is 6. The van der Waals surface area contributed by atoms with Gasteiger partial charge in [0.25, 0.3) is 5.91 Å². The SMILES string of the molecule is COc1ccc(/C=C2/SC(=S)N(CCC(=O)NCC(=O)O)C2=O)cc1. The highest BCUT2D eigenvalue weighted by atomic mass is 32.2. The van der Waals surface area contributed by atoms with Crippen molar-refractivity contribution in [2.75, 3.05) is 20.2 Å². The molecular weight excluding hydrogens is 364 g/mol. The number of nitrogens with one attached hydrogen (secondary N) is 1. The van der Waals surface area contributed by atoms with Crippen molar-refractivity contribution < 1.29 is 24.2 Å². The van der Waals surface area contributed by atoms with E-state index in [0.717, 1.165) is 11.3 Å². The summed E-state index contributed by atoms with van der Waals surface area (Å²) in [6, 6.07) is 7.23. The highest BCUT2D eigenvalue weighted by Crippen LogP contribution is 2.32. The molecule has 1 aromatic carbocycles. The average Bonchev–Trinajstić information content (AvgIpc) is 2.85. The molecule has 0 atom stereocenters. The average molecular weight is 380 g/mol. The molecule has 1 saturated heterocycles. The van der Waals surface area contributed by atoms with Crippen molar-refractivity contribution in [2.45, 2.75) is 6.42 Å². The van der Waals surface area contributed by atoms with Gasteiger partial charge < -0.3 is 15.2 Å². The zero-order valence-corrected chi connectivity index (χ0v) is 15.0. The number of rotatable bonds is 7. The van der Waals surface area contributed by atoms with Gasteiger partial charge in [-0.3, -0.25) is 19.3 Å². The van der Waals surface area contributed by atoms with Gasteiger partial charge >= 0.3 is 5.97 Å². The van der Waals surface area contributed by atoms with Crippen LogP contribution in [0.4, 0.5) is 0 Å². The number of carboxylic acids is 1. The Balaban J connectivity index is 1.97. The molecule has 0 aliphatic carbocycles. The molecule has 1 fully saturated rings. The van der Waals surface area contributed by atoms with E-state index in [1.54, 1.807) is 25.3 Å². The molecule has 1 aliphatic heterocycles. The Morgan fingerprint density at radius 1 is 1.36 bits per heavy atom. The molecule has 9 heteroatoms. The lowest BCUT2D eigenvalue weighted by Crippen LogP contribution is -2.35. The second kappa shape index (κ2) is 8.63. The fourth-order valence-corrected chi connectivity index (χ4v) is 3.33. The zero-order chi connectivity index (χ0) is 18.4. The van der Waals surface area contributed by atoms with Crippen LogP contribution in [0.15, 0.2) is 29.2 Å². The van der Waals surface area contributed by atoms with Gasteiger partial charge in [0.2, 0.25) is 5.91 Å². The molecule has 0 bridgehead atoms. The highest BCUT2D eigenvalue weighted by molar-refractivity contribution is 8.26. The summed E-state index contributed by atoms with van der Waals surface area (Å²) in [6.07, 6.45) is 1.71. The number of amides is 2. The van der Waals surface area contributed by atoms with Crippen LogP contribution in [0.3, 0.4) is 0 Å². The summed E-state index contributed by atoms with van der Waals surface area (Å²) in [5.74, 6) is -1.12. The lowest BCUT2D eigenvalue weighted by atomic mass is 10.2. The molecule has 2 rings (SSSR count). The van der Waals surface area contributed by atoms with Crippen LogP contribution in [0.2, 0.25) is 0 Å². The van der Waals surface area contributed by atoms with E-state index in [-0.39, 0.29) is 18.9 Å². The standard InChI is InChI=1S/C16H16N2O5S2/c1-23-11-4-2-10(3-5-11)8-12-15(22)18(16(24)25-12)7-6-13(19)17-9-14(20)21/h2-5,8H,6-7,9H2,1H3,(H,17,19)(H,20,21)/b12-8+. The van der Waals surface area contributed by atoms with Gasteiger partial charge in [-0.2, -0.15) is 0 Å². The molecule has 1 aliphatic rings. The second-order valence-corrected chi connectivity index (χ2v) is 6.70. The van der Waals surface area contributed by atoms with Crippen molar-refractivity contribution in [1.29, 1.82) is 0 Å². The van der Waals surface area contributed by atoms with Crippen LogP contribution < -0.4 is 10.1 Å². The molecule has 0 aromatic heterocycles. The lowest BCUT2D eigenvalue weighted by molar-refractivity contribution is -0.138. The summed E-state index contributed by atoms with van der Waals surface area (Å²) >= 11 is 6.36. The maximum absolute atomic E-state index is 12.4. The highest BCUT2D eigenvalue weighted by Gasteiger charge is 2.32. The predicted octanol–water partition coefficient (Wildman–Crippen LogP) is 1.49. The van der Waals surface area contributed by atoms with Crippen LogP contribution in [0, 0.1) is 0 Å². The van der Waals surface area contributed by atoms with E-state index in [1.165, 1.54) is 16.7 Å². The van der Waals surface area contributed by atoms with Gasteiger partial charge in [-0.25, -0.2) is 0 Å². The van der Waals surface area contributed by atoms with Crippen LogP contribution in [-0.2, 0) is 14.4 Å². The quantitative estimate of drug-likeness (QED) is 0.546. The van der Waals surface area contributed by atoms with Crippen LogP contribution in [0.5, 0.6) is 5.75 Å². The minimum atomic E-state index is -1.12. The van der Waals surface area contributed by atoms with Crippen molar-refractivity contribution >= 4 is 52.2 Å². The summed E-state index contributed by atoms with van der Waals surface area (Å²) in [5, 5.41) is 10.8. The normalized spacial score (nSPS) is 15.6. The minimum absolute atomic E-state index is 0.0183. The minimum Gasteiger partial charge on any atom is -0.497 e. The maximum Gasteiger partial charge on any atom is 0.322 e. The predicted molar refractivity (Wildman–Crippen MR) is 98.1 cm³/mol. The smallest absolute Gasteiger partial charge is 0.322 e. The van der Waals surface area contributed by atoms with Gasteiger partial charge in [0.1, 0.15) is 16.6 Å². The van der Waals surface area contributed by atoms with E-state index in [9.17, 15) is 14.4 Å². The van der Waals surface area contributed by atoms with E-state index in [1.807, 2.05) is 12.1 Å². The number of ether oxygens (including phenoxy) is 1.